The molecule has 0 bridgehead atoms. The first-order valence-corrected chi connectivity index (χ1v) is 14.7. The van der Waals surface area contributed by atoms with Crippen molar-refractivity contribution in [3.8, 4) is 23.0 Å². The smallest absolute Gasteiger partial charge is 0.311 e. The van der Waals surface area contributed by atoms with Crippen LogP contribution in [0.3, 0.4) is 0 Å². The van der Waals surface area contributed by atoms with E-state index in [2.05, 4.69) is 19.1 Å². The van der Waals surface area contributed by atoms with Gasteiger partial charge in [0.15, 0.2) is 5.78 Å². The molecule has 1 aliphatic rings. The fourth-order valence-corrected chi connectivity index (χ4v) is 4.87. The first-order chi connectivity index (χ1) is 19.0. The molecule has 6 nitrogen and oxygen atoms in total. The second-order valence-corrected chi connectivity index (χ2v) is 10.4. The molecule has 0 radical (unpaired) electrons. The van der Waals surface area contributed by atoms with Gasteiger partial charge >= 0.3 is 5.97 Å². The highest BCUT2D eigenvalue weighted by atomic mass is 16.5. The van der Waals surface area contributed by atoms with Crippen molar-refractivity contribution in [2.24, 2.45) is 0 Å². The average Bonchev–Trinajstić information content (AvgIpc) is 2.90. The number of phenols is 2. The molecule has 0 aromatic heterocycles. The zero-order chi connectivity index (χ0) is 27.9. The van der Waals surface area contributed by atoms with E-state index in [1.807, 2.05) is 0 Å². The van der Waals surface area contributed by atoms with E-state index in [-0.39, 0.29) is 46.7 Å². The summed E-state index contributed by atoms with van der Waals surface area (Å²) in [5, 5.41) is 19.9. The van der Waals surface area contributed by atoms with E-state index in [1.165, 1.54) is 75.6 Å². The summed E-state index contributed by atoms with van der Waals surface area (Å²) in [6.45, 7) is 2.25. The standard InChI is InChI=1S/C33H44O6/c1-2-3-4-5-6-7-8-9-10-11-12-13-14-15-16-17-32(37)38-27-22-28(35)33-29(36)24-30(39-31(33)23-27)25-18-20-26(34)21-19-25/h9-10,18-23,30,34-35H,2-8,11-17,24H2,1H3/b10-9-. The van der Waals surface area contributed by atoms with Gasteiger partial charge in [0, 0.05) is 18.6 Å². The maximum absolute atomic E-state index is 12.7. The Kier molecular flexibility index (Phi) is 12.9. The van der Waals surface area contributed by atoms with Crippen LogP contribution in [-0.2, 0) is 4.79 Å². The number of esters is 1. The van der Waals surface area contributed by atoms with Crippen LogP contribution in [0.2, 0.25) is 0 Å². The maximum Gasteiger partial charge on any atom is 0.311 e. The summed E-state index contributed by atoms with van der Waals surface area (Å²) in [6, 6.07) is 9.22. The van der Waals surface area contributed by atoms with Gasteiger partial charge in [-0.15, -0.1) is 0 Å². The van der Waals surface area contributed by atoms with Crippen LogP contribution in [0.15, 0.2) is 48.6 Å². The second-order valence-electron chi connectivity index (χ2n) is 10.4. The first kappa shape index (κ1) is 30.3. The van der Waals surface area contributed by atoms with Crippen molar-refractivity contribution in [1.82, 2.24) is 0 Å². The van der Waals surface area contributed by atoms with Gasteiger partial charge in [-0.25, -0.2) is 0 Å². The number of allylic oxidation sites excluding steroid dienone is 2. The monoisotopic (exact) mass is 536 g/mol. The molecule has 2 aromatic rings. The fraction of sp³-hybridized carbons (Fsp3) is 0.515. The molecule has 0 saturated carbocycles. The zero-order valence-electron chi connectivity index (χ0n) is 23.3. The molecule has 3 rings (SSSR count). The molecular formula is C33H44O6. The van der Waals surface area contributed by atoms with Crippen molar-refractivity contribution >= 4 is 11.8 Å². The number of ether oxygens (including phenoxy) is 2. The highest BCUT2D eigenvalue weighted by Crippen LogP contribution is 2.42. The third-order valence-electron chi connectivity index (χ3n) is 7.11. The molecule has 1 heterocycles. The minimum absolute atomic E-state index is 0.0694. The van der Waals surface area contributed by atoms with Gasteiger partial charge in [-0.3, -0.25) is 9.59 Å². The summed E-state index contributed by atoms with van der Waals surface area (Å²) in [7, 11) is 0. The van der Waals surface area contributed by atoms with E-state index in [9.17, 15) is 19.8 Å². The van der Waals surface area contributed by atoms with Crippen LogP contribution in [-0.4, -0.2) is 22.0 Å². The van der Waals surface area contributed by atoms with Crippen molar-refractivity contribution in [2.45, 2.75) is 109 Å². The molecule has 212 valence electrons. The molecule has 0 saturated heterocycles. The van der Waals surface area contributed by atoms with Gasteiger partial charge in [0.2, 0.25) is 0 Å². The number of hydrogen-bond donors (Lipinski definition) is 2. The fourth-order valence-electron chi connectivity index (χ4n) is 4.87. The van der Waals surface area contributed by atoms with Crippen LogP contribution in [0, 0.1) is 0 Å². The van der Waals surface area contributed by atoms with E-state index in [0.29, 0.717) is 6.42 Å². The Balaban J connectivity index is 1.32. The molecule has 0 aliphatic carbocycles. The molecule has 1 unspecified atom stereocenters. The summed E-state index contributed by atoms with van der Waals surface area (Å²) in [4.78, 5) is 25.0. The van der Waals surface area contributed by atoms with Gasteiger partial charge in [0.05, 0.1) is 6.42 Å². The van der Waals surface area contributed by atoms with Crippen molar-refractivity contribution in [3.05, 3.63) is 59.7 Å². The number of aromatic hydroxyl groups is 2. The summed E-state index contributed by atoms with van der Waals surface area (Å²) >= 11 is 0. The molecule has 2 N–H and O–H groups in total. The lowest BCUT2D eigenvalue weighted by Gasteiger charge is -2.26. The van der Waals surface area contributed by atoms with E-state index in [1.54, 1.807) is 12.1 Å². The van der Waals surface area contributed by atoms with E-state index in [0.717, 1.165) is 37.7 Å². The SMILES string of the molecule is CCCCCCCC/C=C\CCCCCCCC(=O)Oc1cc(O)c2c(c1)OC(c1ccc(O)cc1)CC2=O. The summed E-state index contributed by atoms with van der Waals surface area (Å²) < 4.78 is 11.4. The summed E-state index contributed by atoms with van der Waals surface area (Å²) in [5.41, 5.74) is 0.833. The number of carbonyl (C=O) groups is 2. The Hall–Kier alpha value is -3.28. The highest BCUT2D eigenvalue weighted by molar-refractivity contribution is 6.02. The first-order valence-electron chi connectivity index (χ1n) is 14.7. The zero-order valence-corrected chi connectivity index (χ0v) is 23.3. The van der Waals surface area contributed by atoms with Gasteiger partial charge in [-0.2, -0.15) is 0 Å². The lowest BCUT2D eigenvalue weighted by atomic mass is 9.95. The molecule has 0 fully saturated rings. The average molecular weight is 537 g/mol. The molecule has 2 aromatic carbocycles. The van der Waals surface area contributed by atoms with Crippen molar-refractivity contribution in [2.75, 3.05) is 0 Å². The van der Waals surface area contributed by atoms with Crippen LogP contribution in [0.4, 0.5) is 0 Å². The third kappa shape index (κ3) is 10.4. The minimum Gasteiger partial charge on any atom is -0.508 e. The number of hydrogen-bond acceptors (Lipinski definition) is 6. The quantitative estimate of drug-likeness (QED) is 0.0908. The van der Waals surface area contributed by atoms with Gasteiger partial charge in [-0.1, -0.05) is 82.6 Å². The van der Waals surface area contributed by atoms with Crippen LogP contribution >= 0.6 is 0 Å². The number of Topliss-reactive ketones (excluding diaryl/α,β-unsaturated/α-hetero) is 1. The van der Waals surface area contributed by atoms with Crippen LogP contribution in [0.5, 0.6) is 23.0 Å². The number of carbonyl (C=O) groups excluding carboxylic acids is 2. The number of unbranched alkanes of at least 4 members (excludes halogenated alkanes) is 11. The van der Waals surface area contributed by atoms with Crippen molar-refractivity contribution < 1.29 is 29.3 Å². The predicted molar refractivity (Wildman–Crippen MR) is 154 cm³/mol. The lowest BCUT2D eigenvalue weighted by Crippen LogP contribution is -2.20. The maximum atomic E-state index is 12.7. The number of benzene rings is 2. The van der Waals surface area contributed by atoms with Crippen LogP contribution in [0.25, 0.3) is 0 Å². The van der Waals surface area contributed by atoms with Crippen molar-refractivity contribution in [3.63, 3.8) is 0 Å². The van der Waals surface area contributed by atoms with E-state index < -0.39 is 6.10 Å². The molecule has 1 atom stereocenters. The van der Waals surface area contributed by atoms with Crippen LogP contribution in [0.1, 0.15) is 125 Å². The highest BCUT2D eigenvalue weighted by Gasteiger charge is 2.31. The number of fused-ring (bicyclic) bond motifs is 1. The van der Waals surface area contributed by atoms with Gasteiger partial charge in [0.1, 0.15) is 34.7 Å². The molecule has 6 heteroatoms. The summed E-state index contributed by atoms with van der Waals surface area (Å²) in [5.74, 6) is -0.414. The van der Waals surface area contributed by atoms with Gasteiger partial charge < -0.3 is 19.7 Å². The molecular weight excluding hydrogens is 492 g/mol. The second kappa shape index (κ2) is 16.6. The number of rotatable bonds is 17. The Bertz CT molecular complexity index is 1070. The Labute approximate surface area is 233 Å². The van der Waals surface area contributed by atoms with Crippen LogP contribution < -0.4 is 9.47 Å². The molecule has 0 spiro atoms. The number of phenolic OH excluding ortho intramolecular Hbond substituents is 2. The normalized spacial score (nSPS) is 14.8. The topological polar surface area (TPSA) is 93.1 Å². The Morgan fingerprint density at radius 3 is 2.18 bits per heavy atom. The van der Waals surface area contributed by atoms with Crippen molar-refractivity contribution in [1.29, 1.82) is 0 Å². The minimum atomic E-state index is -0.549. The Morgan fingerprint density at radius 1 is 0.897 bits per heavy atom. The largest absolute Gasteiger partial charge is 0.508 e. The molecule has 0 amide bonds. The van der Waals surface area contributed by atoms with E-state index in [4.69, 9.17) is 9.47 Å². The lowest BCUT2D eigenvalue weighted by molar-refractivity contribution is -0.134. The van der Waals surface area contributed by atoms with Gasteiger partial charge in [0.25, 0.3) is 0 Å². The van der Waals surface area contributed by atoms with Gasteiger partial charge in [-0.05, 0) is 49.8 Å². The van der Waals surface area contributed by atoms with E-state index >= 15 is 0 Å². The predicted octanol–water partition coefficient (Wildman–Crippen LogP) is 8.75. The number of ketones is 1. The Morgan fingerprint density at radius 2 is 1.51 bits per heavy atom. The summed E-state index contributed by atoms with van der Waals surface area (Å²) in [6.07, 6.45) is 19.9. The third-order valence-corrected chi connectivity index (χ3v) is 7.11. The molecule has 1 aliphatic heterocycles. The molecule has 39 heavy (non-hydrogen) atoms.